The van der Waals surface area contributed by atoms with Crippen molar-refractivity contribution in [2.24, 2.45) is 0 Å². The average Bonchev–Trinajstić information content (AvgIpc) is 2.38. The molecule has 1 rings (SSSR count). The van der Waals surface area contributed by atoms with Crippen LogP contribution in [-0.2, 0) is 16.0 Å². The van der Waals surface area contributed by atoms with Crippen LogP contribution in [0.25, 0.3) is 0 Å². The molecule has 116 valence electrons. The van der Waals surface area contributed by atoms with E-state index in [0.29, 0.717) is 11.3 Å². The summed E-state index contributed by atoms with van der Waals surface area (Å²) >= 11 is 0. The summed E-state index contributed by atoms with van der Waals surface area (Å²) in [4.78, 5) is 22.2. The van der Waals surface area contributed by atoms with E-state index in [-0.39, 0.29) is 6.42 Å². The molecule has 0 bridgehead atoms. The third-order valence-electron chi connectivity index (χ3n) is 2.84. The maximum atomic E-state index is 12.3. The van der Waals surface area contributed by atoms with Gasteiger partial charge < -0.3 is 15.2 Å². The number of hydrogen-bond donors (Lipinski definition) is 2. The van der Waals surface area contributed by atoms with E-state index in [9.17, 15) is 22.8 Å². The van der Waals surface area contributed by atoms with Crippen LogP contribution < -0.4 is 10.1 Å². The second kappa shape index (κ2) is 6.02. The number of ether oxygens (including phenoxy) is 1. The molecule has 0 aromatic heterocycles. The lowest BCUT2D eigenvalue weighted by atomic mass is 9.92. The van der Waals surface area contributed by atoms with E-state index in [1.165, 1.54) is 24.6 Å². The first-order chi connectivity index (χ1) is 9.58. The largest absolute Gasteiger partial charge is 0.497 e. The summed E-state index contributed by atoms with van der Waals surface area (Å²) in [5.41, 5.74) is -1.62. The van der Waals surface area contributed by atoms with E-state index in [0.717, 1.165) is 6.92 Å². The van der Waals surface area contributed by atoms with Crippen molar-refractivity contribution in [3.05, 3.63) is 29.8 Å². The van der Waals surface area contributed by atoms with Gasteiger partial charge in [-0.15, -0.1) is 0 Å². The smallest absolute Gasteiger partial charge is 0.471 e. The molecule has 0 aliphatic rings. The third-order valence-corrected chi connectivity index (χ3v) is 2.84. The number of carbonyl (C=O) groups excluding carboxylic acids is 1. The van der Waals surface area contributed by atoms with Gasteiger partial charge in [0, 0.05) is 6.42 Å². The molecule has 5 nitrogen and oxygen atoms in total. The topological polar surface area (TPSA) is 75.6 Å². The highest BCUT2D eigenvalue weighted by atomic mass is 19.4. The first kappa shape index (κ1) is 16.8. The van der Waals surface area contributed by atoms with E-state index in [2.05, 4.69) is 0 Å². The van der Waals surface area contributed by atoms with Crippen LogP contribution in [0.3, 0.4) is 0 Å². The molecule has 21 heavy (non-hydrogen) atoms. The summed E-state index contributed by atoms with van der Waals surface area (Å²) in [5.74, 6) is -3.33. The molecule has 1 atom stereocenters. The Kier molecular flexibility index (Phi) is 4.82. The van der Waals surface area contributed by atoms with Crippen LogP contribution in [0, 0.1) is 0 Å². The second-order valence-corrected chi connectivity index (χ2v) is 4.61. The molecule has 0 saturated heterocycles. The van der Waals surface area contributed by atoms with Crippen molar-refractivity contribution in [1.29, 1.82) is 0 Å². The van der Waals surface area contributed by atoms with Gasteiger partial charge in [-0.2, -0.15) is 13.2 Å². The van der Waals surface area contributed by atoms with Crippen molar-refractivity contribution in [1.82, 2.24) is 5.32 Å². The summed E-state index contributed by atoms with van der Waals surface area (Å²) in [5, 5.41) is 10.6. The molecule has 2 N–H and O–H groups in total. The number of carboxylic acids is 1. The molecule has 0 spiro atoms. The van der Waals surface area contributed by atoms with E-state index in [1.807, 2.05) is 0 Å². The number of hydrogen-bond acceptors (Lipinski definition) is 3. The first-order valence-electron chi connectivity index (χ1n) is 5.84. The normalized spacial score (nSPS) is 14.1. The monoisotopic (exact) mass is 305 g/mol. The Hall–Kier alpha value is -2.25. The fraction of sp³-hybridized carbons (Fsp3) is 0.385. The zero-order valence-electron chi connectivity index (χ0n) is 11.3. The molecule has 0 heterocycles. The van der Waals surface area contributed by atoms with Gasteiger partial charge in [0.05, 0.1) is 7.11 Å². The number of methoxy groups -OCH3 is 1. The van der Waals surface area contributed by atoms with Crippen molar-refractivity contribution < 1.29 is 32.6 Å². The number of carboxylic acid groups (broad SMARTS) is 1. The Morgan fingerprint density at radius 1 is 1.24 bits per heavy atom. The summed E-state index contributed by atoms with van der Waals surface area (Å²) in [6, 6.07) is 6.12. The molecule has 8 heteroatoms. The van der Waals surface area contributed by atoms with E-state index < -0.39 is 23.6 Å². The van der Waals surface area contributed by atoms with E-state index in [1.54, 1.807) is 12.1 Å². The van der Waals surface area contributed by atoms with Crippen LogP contribution in [0.4, 0.5) is 13.2 Å². The number of nitrogens with one attached hydrogen (secondary N) is 1. The summed E-state index contributed by atoms with van der Waals surface area (Å²) in [6.45, 7) is 1.02. The molecular formula is C13H14F3NO4. The fourth-order valence-electron chi connectivity index (χ4n) is 1.65. The quantitative estimate of drug-likeness (QED) is 0.869. The van der Waals surface area contributed by atoms with Gasteiger partial charge in [0.2, 0.25) is 0 Å². The maximum Gasteiger partial charge on any atom is 0.471 e. The zero-order chi connectivity index (χ0) is 16.3. The van der Waals surface area contributed by atoms with E-state index >= 15 is 0 Å². The van der Waals surface area contributed by atoms with Gasteiger partial charge in [0.1, 0.15) is 11.3 Å². The third kappa shape index (κ3) is 4.37. The Balaban J connectivity index is 2.94. The SMILES string of the molecule is COc1ccc(C[C@](C)(NC(=O)C(F)(F)F)C(=O)O)cc1. The molecule has 0 unspecified atom stereocenters. The lowest BCUT2D eigenvalue weighted by Crippen LogP contribution is -2.57. The van der Waals surface area contributed by atoms with E-state index in [4.69, 9.17) is 9.84 Å². The molecule has 1 aromatic carbocycles. The lowest BCUT2D eigenvalue weighted by Gasteiger charge is -2.27. The minimum absolute atomic E-state index is 0.297. The van der Waals surface area contributed by atoms with Crippen LogP contribution in [-0.4, -0.2) is 35.8 Å². The predicted molar refractivity (Wildman–Crippen MR) is 66.9 cm³/mol. The standard InChI is InChI=1S/C13H14F3NO4/c1-12(11(19)20,17-10(18)13(14,15)16)7-8-3-5-9(21-2)6-4-8/h3-6H,7H2,1-2H3,(H,17,18)(H,19,20)/t12-/m0/s1. The van der Waals surface area contributed by atoms with Gasteiger partial charge in [-0.3, -0.25) is 4.79 Å². The van der Waals surface area contributed by atoms with Gasteiger partial charge in [-0.25, -0.2) is 4.79 Å². The number of amides is 1. The number of aliphatic carboxylic acids is 1. The van der Waals surface area contributed by atoms with Gasteiger partial charge in [-0.05, 0) is 24.6 Å². The molecule has 0 aliphatic heterocycles. The summed E-state index contributed by atoms with van der Waals surface area (Å²) in [7, 11) is 1.44. The minimum atomic E-state index is -5.14. The molecule has 1 aromatic rings. The molecule has 0 aliphatic carbocycles. The van der Waals surface area contributed by atoms with Crippen molar-refractivity contribution in [2.75, 3.05) is 7.11 Å². The highest BCUT2D eigenvalue weighted by molar-refractivity contribution is 5.89. The van der Waals surface area contributed by atoms with Gasteiger partial charge in [0.25, 0.3) is 0 Å². The Labute approximate surface area is 118 Å². The Morgan fingerprint density at radius 3 is 2.14 bits per heavy atom. The van der Waals surface area contributed by atoms with Gasteiger partial charge in [-0.1, -0.05) is 12.1 Å². The van der Waals surface area contributed by atoms with Crippen LogP contribution in [0.2, 0.25) is 0 Å². The zero-order valence-corrected chi connectivity index (χ0v) is 11.3. The lowest BCUT2D eigenvalue weighted by molar-refractivity contribution is -0.177. The minimum Gasteiger partial charge on any atom is -0.497 e. The summed E-state index contributed by atoms with van der Waals surface area (Å²) < 4.78 is 41.7. The van der Waals surface area contributed by atoms with Crippen LogP contribution in [0.1, 0.15) is 12.5 Å². The highest BCUT2D eigenvalue weighted by Crippen LogP contribution is 2.21. The molecule has 1 amide bonds. The van der Waals surface area contributed by atoms with Crippen LogP contribution >= 0.6 is 0 Å². The highest BCUT2D eigenvalue weighted by Gasteiger charge is 2.45. The van der Waals surface area contributed by atoms with Crippen molar-refractivity contribution in [3.8, 4) is 5.75 Å². The van der Waals surface area contributed by atoms with Crippen LogP contribution in [0.5, 0.6) is 5.75 Å². The van der Waals surface area contributed by atoms with Crippen LogP contribution in [0.15, 0.2) is 24.3 Å². The number of halogens is 3. The number of alkyl halides is 3. The number of benzene rings is 1. The average molecular weight is 305 g/mol. The first-order valence-corrected chi connectivity index (χ1v) is 5.84. The van der Waals surface area contributed by atoms with Crippen molar-refractivity contribution >= 4 is 11.9 Å². The molecular weight excluding hydrogens is 291 g/mol. The summed E-state index contributed by atoms with van der Waals surface area (Å²) in [6.07, 6.45) is -5.44. The van der Waals surface area contributed by atoms with Gasteiger partial charge >= 0.3 is 18.1 Å². The second-order valence-electron chi connectivity index (χ2n) is 4.61. The van der Waals surface area contributed by atoms with Crippen molar-refractivity contribution in [3.63, 3.8) is 0 Å². The molecule has 0 fully saturated rings. The molecule has 0 saturated carbocycles. The number of carbonyl (C=O) groups is 2. The number of rotatable bonds is 5. The Bertz CT molecular complexity index is 527. The molecule has 0 radical (unpaired) electrons. The fourth-order valence-corrected chi connectivity index (χ4v) is 1.65. The van der Waals surface area contributed by atoms with Crippen molar-refractivity contribution in [2.45, 2.75) is 25.1 Å². The van der Waals surface area contributed by atoms with Gasteiger partial charge in [0.15, 0.2) is 0 Å². The predicted octanol–water partition coefficient (Wildman–Crippen LogP) is 1.76. The maximum absolute atomic E-state index is 12.3. The Morgan fingerprint density at radius 2 is 1.76 bits per heavy atom.